The standard InChI is InChI=1S/C18H31N3O4/c1-13(2)12-15(19-18(24)25-3)17(23)21-10-6-14(7-11-21)16(22)20-8-4-5-9-20/h13-15H,4-12H2,1-3H3,(H,19,24). The summed E-state index contributed by atoms with van der Waals surface area (Å²) in [4.78, 5) is 40.5. The maximum absolute atomic E-state index is 12.8. The fourth-order valence-corrected chi connectivity index (χ4v) is 3.66. The molecule has 2 aliphatic heterocycles. The van der Waals surface area contributed by atoms with Crippen LogP contribution in [0.15, 0.2) is 0 Å². The first-order valence-corrected chi connectivity index (χ1v) is 9.34. The Morgan fingerprint density at radius 1 is 1.04 bits per heavy atom. The number of ether oxygens (including phenoxy) is 1. The van der Waals surface area contributed by atoms with E-state index in [1.54, 1.807) is 4.90 Å². The van der Waals surface area contributed by atoms with E-state index in [4.69, 9.17) is 0 Å². The summed E-state index contributed by atoms with van der Waals surface area (Å²) in [5, 5.41) is 2.65. The van der Waals surface area contributed by atoms with Crippen LogP contribution in [0.5, 0.6) is 0 Å². The summed E-state index contributed by atoms with van der Waals surface area (Å²) in [5.74, 6) is 0.474. The van der Waals surface area contributed by atoms with Crippen molar-refractivity contribution in [3.63, 3.8) is 0 Å². The number of carbonyl (C=O) groups is 3. The summed E-state index contributed by atoms with van der Waals surface area (Å²) >= 11 is 0. The number of hydrogen-bond acceptors (Lipinski definition) is 4. The second kappa shape index (κ2) is 9.06. The van der Waals surface area contributed by atoms with E-state index in [0.29, 0.717) is 32.4 Å². The number of alkyl carbamates (subject to hydrolysis) is 1. The van der Waals surface area contributed by atoms with Gasteiger partial charge in [-0.05, 0) is 38.0 Å². The Balaban J connectivity index is 1.89. The fraction of sp³-hybridized carbons (Fsp3) is 0.833. The van der Waals surface area contributed by atoms with Gasteiger partial charge in [-0.15, -0.1) is 0 Å². The molecule has 0 radical (unpaired) electrons. The Bertz CT molecular complexity index is 481. The fourth-order valence-electron chi connectivity index (χ4n) is 3.66. The molecule has 2 heterocycles. The number of likely N-dealkylation sites (tertiary alicyclic amines) is 2. The number of piperidine rings is 1. The monoisotopic (exact) mass is 353 g/mol. The van der Waals surface area contributed by atoms with Crippen molar-refractivity contribution < 1.29 is 19.1 Å². The van der Waals surface area contributed by atoms with Crippen LogP contribution < -0.4 is 5.32 Å². The molecule has 1 unspecified atom stereocenters. The molecule has 0 aromatic rings. The van der Waals surface area contributed by atoms with Gasteiger partial charge >= 0.3 is 6.09 Å². The summed E-state index contributed by atoms with van der Waals surface area (Å²) < 4.78 is 4.63. The highest BCUT2D eigenvalue weighted by molar-refractivity contribution is 5.86. The second-order valence-electron chi connectivity index (χ2n) is 7.45. The predicted molar refractivity (Wildman–Crippen MR) is 93.9 cm³/mol. The van der Waals surface area contributed by atoms with Crippen LogP contribution in [-0.4, -0.2) is 67.0 Å². The molecule has 0 aromatic carbocycles. The zero-order valence-electron chi connectivity index (χ0n) is 15.6. The third kappa shape index (κ3) is 5.34. The van der Waals surface area contributed by atoms with Gasteiger partial charge in [0.25, 0.3) is 0 Å². The molecule has 0 spiro atoms. The Labute approximate surface area is 150 Å². The minimum atomic E-state index is -0.585. The van der Waals surface area contributed by atoms with Crippen molar-refractivity contribution in [3.05, 3.63) is 0 Å². The average Bonchev–Trinajstić information content (AvgIpc) is 3.14. The number of amides is 3. The van der Waals surface area contributed by atoms with Crippen LogP contribution in [0.3, 0.4) is 0 Å². The van der Waals surface area contributed by atoms with Gasteiger partial charge in [-0.25, -0.2) is 4.79 Å². The number of nitrogens with zero attached hydrogens (tertiary/aromatic N) is 2. The quantitative estimate of drug-likeness (QED) is 0.814. The molecule has 2 rings (SSSR count). The number of carbonyl (C=O) groups excluding carboxylic acids is 3. The average molecular weight is 353 g/mol. The minimum absolute atomic E-state index is 0.0271. The zero-order chi connectivity index (χ0) is 18.4. The van der Waals surface area contributed by atoms with Crippen molar-refractivity contribution in [1.82, 2.24) is 15.1 Å². The predicted octanol–water partition coefficient (Wildman–Crippen LogP) is 1.62. The van der Waals surface area contributed by atoms with Crippen LogP contribution >= 0.6 is 0 Å². The lowest BCUT2D eigenvalue weighted by Crippen LogP contribution is -2.52. The van der Waals surface area contributed by atoms with E-state index in [-0.39, 0.29) is 23.7 Å². The van der Waals surface area contributed by atoms with Crippen molar-refractivity contribution in [2.75, 3.05) is 33.3 Å². The molecule has 0 aliphatic carbocycles. The van der Waals surface area contributed by atoms with Crippen molar-refractivity contribution in [3.8, 4) is 0 Å². The van der Waals surface area contributed by atoms with Crippen molar-refractivity contribution in [1.29, 1.82) is 0 Å². The summed E-state index contributed by atoms with van der Waals surface area (Å²) in [6.45, 7) is 6.91. The van der Waals surface area contributed by atoms with Crippen LogP contribution in [0, 0.1) is 11.8 Å². The second-order valence-corrected chi connectivity index (χ2v) is 7.45. The highest BCUT2D eigenvalue weighted by atomic mass is 16.5. The van der Waals surface area contributed by atoms with E-state index in [0.717, 1.165) is 25.9 Å². The Hall–Kier alpha value is -1.79. The SMILES string of the molecule is COC(=O)NC(CC(C)C)C(=O)N1CCC(C(=O)N2CCCC2)CC1. The van der Waals surface area contributed by atoms with Crippen LogP contribution in [-0.2, 0) is 14.3 Å². The highest BCUT2D eigenvalue weighted by Gasteiger charge is 2.34. The highest BCUT2D eigenvalue weighted by Crippen LogP contribution is 2.23. The van der Waals surface area contributed by atoms with Crippen molar-refractivity contribution in [2.24, 2.45) is 11.8 Å². The van der Waals surface area contributed by atoms with Gasteiger partial charge in [-0.3, -0.25) is 9.59 Å². The third-order valence-corrected chi connectivity index (χ3v) is 5.06. The van der Waals surface area contributed by atoms with Gasteiger partial charge in [0, 0.05) is 32.1 Å². The van der Waals surface area contributed by atoms with Gasteiger partial charge in [0.1, 0.15) is 6.04 Å². The van der Waals surface area contributed by atoms with Gasteiger partial charge in [0.2, 0.25) is 11.8 Å². The van der Waals surface area contributed by atoms with E-state index in [9.17, 15) is 14.4 Å². The van der Waals surface area contributed by atoms with Crippen LogP contribution in [0.4, 0.5) is 4.79 Å². The number of methoxy groups -OCH3 is 1. The summed E-state index contributed by atoms with van der Waals surface area (Å²) in [7, 11) is 1.29. The normalized spacial score (nSPS) is 19.8. The molecule has 0 saturated carbocycles. The maximum atomic E-state index is 12.8. The van der Waals surface area contributed by atoms with Gasteiger partial charge in [0.15, 0.2) is 0 Å². The van der Waals surface area contributed by atoms with Gasteiger partial charge in [-0.1, -0.05) is 13.8 Å². The first-order chi connectivity index (χ1) is 11.9. The number of rotatable bonds is 5. The molecule has 142 valence electrons. The molecule has 2 fully saturated rings. The number of hydrogen-bond donors (Lipinski definition) is 1. The smallest absolute Gasteiger partial charge is 0.407 e. The lowest BCUT2D eigenvalue weighted by molar-refractivity contribution is -0.141. The van der Waals surface area contributed by atoms with Crippen LogP contribution in [0.2, 0.25) is 0 Å². The largest absolute Gasteiger partial charge is 0.453 e. The lowest BCUT2D eigenvalue weighted by Gasteiger charge is -2.35. The molecule has 1 atom stereocenters. The Morgan fingerprint density at radius 2 is 1.64 bits per heavy atom. The first-order valence-electron chi connectivity index (χ1n) is 9.34. The molecule has 25 heavy (non-hydrogen) atoms. The zero-order valence-corrected chi connectivity index (χ0v) is 15.6. The minimum Gasteiger partial charge on any atom is -0.453 e. The molecule has 2 aliphatic rings. The molecular formula is C18H31N3O4. The molecule has 0 bridgehead atoms. The molecule has 7 nitrogen and oxygen atoms in total. The van der Waals surface area contributed by atoms with E-state index in [1.807, 2.05) is 18.7 Å². The Morgan fingerprint density at radius 3 is 2.16 bits per heavy atom. The van der Waals surface area contributed by atoms with Gasteiger partial charge < -0.3 is 19.9 Å². The Kier molecular flexibility index (Phi) is 7.08. The topological polar surface area (TPSA) is 79.0 Å². The molecular weight excluding hydrogens is 322 g/mol. The van der Waals surface area contributed by atoms with E-state index in [1.165, 1.54) is 7.11 Å². The third-order valence-electron chi connectivity index (χ3n) is 5.06. The van der Waals surface area contributed by atoms with E-state index >= 15 is 0 Å². The van der Waals surface area contributed by atoms with Crippen molar-refractivity contribution >= 4 is 17.9 Å². The van der Waals surface area contributed by atoms with Gasteiger partial charge in [0.05, 0.1) is 7.11 Å². The van der Waals surface area contributed by atoms with Crippen molar-refractivity contribution in [2.45, 2.75) is 52.0 Å². The van der Waals surface area contributed by atoms with Crippen LogP contribution in [0.25, 0.3) is 0 Å². The molecule has 3 amide bonds. The summed E-state index contributed by atoms with van der Waals surface area (Å²) in [5.41, 5.74) is 0. The lowest BCUT2D eigenvalue weighted by atomic mass is 9.94. The number of nitrogens with one attached hydrogen (secondary N) is 1. The van der Waals surface area contributed by atoms with E-state index in [2.05, 4.69) is 10.1 Å². The summed E-state index contributed by atoms with van der Waals surface area (Å²) in [6, 6.07) is -0.571. The summed E-state index contributed by atoms with van der Waals surface area (Å²) in [6.07, 6.45) is 3.58. The van der Waals surface area contributed by atoms with E-state index < -0.39 is 12.1 Å². The van der Waals surface area contributed by atoms with Gasteiger partial charge in [-0.2, -0.15) is 0 Å². The first kappa shape index (κ1) is 19.5. The van der Waals surface area contributed by atoms with Crippen LogP contribution in [0.1, 0.15) is 46.0 Å². The molecule has 7 heteroatoms. The molecule has 1 N–H and O–H groups in total. The maximum Gasteiger partial charge on any atom is 0.407 e. The molecule has 2 saturated heterocycles. The molecule has 0 aromatic heterocycles.